The second-order valence-electron chi connectivity index (χ2n) is 4.69. The predicted octanol–water partition coefficient (Wildman–Crippen LogP) is 3.02. The summed E-state index contributed by atoms with van der Waals surface area (Å²) >= 11 is 2.57. The Kier molecular flexibility index (Phi) is 4.77. The van der Waals surface area contributed by atoms with Crippen molar-refractivity contribution in [1.82, 2.24) is 15.1 Å². The highest BCUT2D eigenvalue weighted by Gasteiger charge is 2.15. The Morgan fingerprint density at radius 3 is 2.80 bits per heavy atom. The lowest BCUT2D eigenvalue weighted by Crippen LogP contribution is -1.96. The normalized spacial score (nSPS) is 11.2. The molecule has 0 aliphatic heterocycles. The summed E-state index contributed by atoms with van der Waals surface area (Å²) in [6, 6.07) is 0. The fraction of sp³-hybridized carbons (Fsp3) is 0.500. The first-order valence-corrected chi connectivity index (χ1v) is 7.91. The molecular formula is C12H15N3O3S2. The molecular weight excluding hydrogens is 298 g/mol. The number of hydrogen-bond acceptors (Lipinski definition) is 7. The van der Waals surface area contributed by atoms with Gasteiger partial charge in [-0.3, -0.25) is 0 Å². The maximum absolute atomic E-state index is 10.9. The predicted molar refractivity (Wildman–Crippen MR) is 76.2 cm³/mol. The maximum Gasteiger partial charge on any atom is 0.347 e. The highest BCUT2D eigenvalue weighted by Crippen LogP contribution is 2.29. The zero-order valence-corrected chi connectivity index (χ0v) is 13.0. The molecule has 2 aromatic heterocycles. The smallest absolute Gasteiger partial charge is 0.347 e. The molecule has 6 nitrogen and oxygen atoms in total. The van der Waals surface area contributed by atoms with Crippen LogP contribution in [0.2, 0.25) is 0 Å². The minimum atomic E-state index is -0.941. The monoisotopic (exact) mass is 313 g/mol. The number of rotatable bonds is 6. The van der Waals surface area contributed by atoms with Gasteiger partial charge in [0, 0.05) is 6.42 Å². The lowest BCUT2D eigenvalue weighted by atomic mass is 10.1. The van der Waals surface area contributed by atoms with Gasteiger partial charge in [-0.05, 0) is 12.8 Å². The Morgan fingerprint density at radius 1 is 1.45 bits per heavy atom. The summed E-state index contributed by atoms with van der Waals surface area (Å²) in [5.74, 6) is 1.28. The van der Waals surface area contributed by atoms with Crippen LogP contribution in [0.25, 0.3) is 0 Å². The second-order valence-corrected chi connectivity index (χ2v) is 6.91. The fourth-order valence-corrected chi connectivity index (χ4v) is 3.42. The van der Waals surface area contributed by atoms with Gasteiger partial charge in [-0.1, -0.05) is 30.8 Å². The highest BCUT2D eigenvalue weighted by molar-refractivity contribution is 8.00. The van der Waals surface area contributed by atoms with E-state index < -0.39 is 5.97 Å². The standard InChI is InChI=1S/C12H15N3O3S2/c1-6(2)4-8-14-9(18-15-8)5-19-12-13-7(3)10(20-12)11(16)17/h6H,4-5H2,1-3H3,(H,16,17). The van der Waals surface area contributed by atoms with Crippen LogP contribution in [-0.4, -0.2) is 26.2 Å². The molecule has 0 aliphatic carbocycles. The van der Waals surface area contributed by atoms with Crippen LogP contribution in [0.15, 0.2) is 8.86 Å². The van der Waals surface area contributed by atoms with Gasteiger partial charge < -0.3 is 9.63 Å². The van der Waals surface area contributed by atoms with E-state index >= 15 is 0 Å². The minimum absolute atomic E-state index is 0.276. The van der Waals surface area contributed by atoms with Crippen molar-refractivity contribution in [3.05, 3.63) is 22.3 Å². The van der Waals surface area contributed by atoms with Crippen LogP contribution in [0.5, 0.6) is 0 Å². The molecule has 0 amide bonds. The zero-order chi connectivity index (χ0) is 14.7. The SMILES string of the molecule is Cc1nc(SCc2nc(CC(C)C)no2)sc1C(=O)O. The Balaban J connectivity index is 1.96. The number of aryl methyl sites for hydroxylation is 1. The summed E-state index contributed by atoms with van der Waals surface area (Å²) in [5.41, 5.74) is 0.538. The third kappa shape index (κ3) is 3.80. The number of thioether (sulfide) groups is 1. The highest BCUT2D eigenvalue weighted by atomic mass is 32.2. The molecule has 0 aliphatic rings. The Labute approximate surface area is 124 Å². The van der Waals surface area contributed by atoms with Crippen LogP contribution in [0.1, 0.15) is 40.9 Å². The third-order valence-electron chi connectivity index (χ3n) is 2.39. The molecule has 0 saturated carbocycles. The molecule has 0 radical (unpaired) electrons. The largest absolute Gasteiger partial charge is 0.477 e. The van der Waals surface area contributed by atoms with Crippen molar-refractivity contribution >= 4 is 29.1 Å². The molecule has 20 heavy (non-hydrogen) atoms. The van der Waals surface area contributed by atoms with Crippen molar-refractivity contribution in [3.63, 3.8) is 0 Å². The van der Waals surface area contributed by atoms with Crippen LogP contribution in [0, 0.1) is 12.8 Å². The molecule has 2 rings (SSSR count). The summed E-state index contributed by atoms with van der Waals surface area (Å²) in [5, 5.41) is 12.9. The Hall–Kier alpha value is -1.41. The minimum Gasteiger partial charge on any atom is -0.477 e. The number of carboxylic acids is 1. The maximum atomic E-state index is 10.9. The van der Waals surface area contributed by atoms with E-state index in [0.29, 0.717) is 33.4 Å². The summed E-state index contributed by atoms with van der Waals surface area (Å²) in [6.45, 7) is 5.88. The first-order valence-electron chi connectivity index (χ1n) is 6.10. The topological polar surface area (TPSA) is 89.1 Å². The van der Waals surface area contributed by atoms with Gasteiger partial charge in [-0.25, -0.2) is 9.78 Å². The molecule has 0 saturated heterocycles. The van der Waals surface area contributed by atoms with Crippen molar-refractivity contribution in [2.45, 2.75) is 37.3 Å². The third-order valence-corrected chi connectivity index (χ3v) is 4.66. The average Bonchev–Trinajstić information content (AvgIpc) is 2.92. The summed E-state index contributed by atoms with van der Waals surface area (Å²) < 4.78 is 5.85. The Morgan fingerprint density at radius 2 is 2.20 bits per heavy atom. The first kappa shape index (κ1) is 15.0. The van der Waals surface area contributed by atoms with E-state index in [9.17, 15) is 4.79 Å². The number of aromatic carboxylic acids is 1. The fourth-order valence-electron chi connectivity index (χ4n) is 1.55. The van der Waals surface area contributed by atoms with Crippen molar-refractivity contribution in [2.24, 2.45) is 5.92 Å². The van der Waals surface area contributed by atoms with Gasteiger partial charge in [0.2, 0.25) is 5.89 Å². The lowest BCUT2D eigenvalue weighted by Gasteiger charge is -1.96. The van der Waals surface area contributed by atoms with E-state index in [1.165, 1.54) is 23.1 Å². The number of hydrogen-bond donors (Lipinski definition) is 1. The van der Waals surface area contributed by atoms with Gasteiger partial charge in [0.25, 0.3) is 0 Å². The molecule has 0 aromatic carbocycles. The zero-order valence-electron chi connectivity index (χ0n) is 11.4. The quantitative estimate of drug-likeness (QED) is 0.820. The molecule has 0 fully saturated rings. The average molecular weight is 313 g/mol. The summed E-state index contributed by atoms with van der Waals surface area (Å²) in [7, 11) is 0. The Bertz CT molecular complexity index is 607. The number of carboxylic acid groups (broad SMARTS) is 1. The van der Waals surface area contributed by atoms with Crippen LogP contribution >= 0.6 is 23.1 Å². The van der Waals surface area contributed by atoms with Crippen LogP contribution in [0.4, 0.5) is 0 Å². The van der Waals surface area contributed by atoms with Crippen molar-refractivity contribution < 1.29 is 14.4 Å². The van der Waals surface area contributed by atoms with Crippen molar-refractivity contribution in [3.8, 4) is 0 Å². The second kappa shape index (κ2) is 6.36. The van der Waals surface area contributed by atoms with E-state index in [1.54, 1.807) is 6.92 Å². The first-order chi connectivity index (χ1) is 9.45. The molecule has 2 heterocycles. The molecule has 2 aromatic rings. The lowest BCUT2D eigenvalue weighted by molar-refractivity contribution is 0.0701. The van der Waals surface area contributed by atoms with Gasteiger partial charge >= 0.3 is 5.97 Å². The number of carbonyl (C=O) groups is 1. The number of thiazole rings is 1. The van der Waals surface area contributed by atoms with Crippen LogP contribution < -0.4 is 0 Å². The molecule has 0 spiro atoms. The van der Waals surface area contributed by atoms with Gasteiger partial charge in [-0.2, -0.15) is 4.98 Å². The van der Waals surface area contributed by atoms with Gasteiger partial charge in [0.15, 0.2) is 10.2 Å². The molecule has 8 heteroatoms. The molecule has 0 unspecified atom stereocenters. The van der Waals surface area contributed by atoms with Crippen LogP contribution in [0.3, 0.4) is 0 Å². The van der Waals surface area contributed by atoms with Gasteiger partial charge in [-0.15, -0.1) is 11.3 Å². The molecule has 1 N–H and O–H groups in total. The van der Waals surface area contributed by atoms with Gasteiger partial charge in [0.05, 0.1) is 11.4 Å². The molecule has 108 valence electrons. The number of aromatic nitrogens is 3. The van der Waals surface area contributed by atoms with E-state index in [-0.39, 0.29) is 4.88 Å². The summed E-state index contributed by atoms with van der Waals surface area (Å²) in [6.07, 6.45) is 0.785. The summed E-state index contributed by atoms with van der Waals surface area (Å²) in [4.78, 5) is 19.7. The molecule has 0 bridgehead atoms. The van der Waals surface area contributed by atoms with E-state index in [1.807, 2.05) is 0 Å². The van der Waals surface area contributed by atoms with Gasteiger partial charge in [0.1, 0.15) is 4.88 Å². The molecule has 0 atom stereocenters. The van der Waals surface area contributed by atoms with Crippen molar-refractivity contribution in [1.29, 1.82) is 0 Å². The van der Waals surface area contributed by atoms with E-state index in [4.69, 9.17) is 9.63 Å². The van der Waals surface area contributed by atoms with Crippen molar-refractivity contribution in [2.75, 3.05) is 0 Å². The van der Waals surface area contributed by atoms with Crippen LogP contribution in [-0.2, 0) is 12.2 Å². The number of nitrogens with zero attached hydrogens (tertiary/aromatic N) is 3. The van der Waals surface area contributed by atoms with E-state index in [0.717, 1.165) is 6.42 Å². The van der Waals surface area contributed by atoms with E-state index in [2.05, 4.69) is 29.0 Å².